The van der Waals surface area contributed by atoms with Crippen molar-refractivity contribution in [2.24, 2.45) is 0 Å². The second-order valence-corrected chi connectivity index (χ2v) is 7.07. The Hall–Kier alpha value is -2.27. The number of fused-ring (bicyclic) bond motifs is 1. The third-order valence-electron chi connectivity index (χ3n) is 4.59. The normalized spacial score (nSPS) is 14.0. The minimum atomic E-state index is -0.933. The van der Waals surface area contributed by atoms with Gasteiger partial charge in [-0.1, -0.05) is 24.3 Å². The summed E-state index contributed by atoms with van der Waals surface area (Å²) in [6, 6.07) is 12.9. The first-order valence-electron chi connectivity index (χ1n) is 8.36. The average Bonchev–Trinajstić information content (AvgIpc) is 3.09. The van der Waals surface area contributed by atoms with E-state index in [1.54, 1.807) is 11.8 Å². The standard InChI is InChI=1S/C20H21NO3S/c1-25-15-10-8-14(9-11-15)18(12-19(22)23)21-20(24)17-7-3-5-13-4-2-6-16(13)17/h3,5,7-11,18H,2,4,6,12H2,1H3,(H,21,24)(H,22,23). The van der Waals surface area contributed by atoms with Gasteiger partial charge in [0, 0.05) is 10.5 Å². The van der Waals surface area contributed by atoms with Crippen molar-refractivity contribution in [2.45, 2.75) is 36.6 Å². The lowest BCUT2D eigenvalue weighted by Gasteiger charge is -2.19. The molecule has 25 heavy (non-hydrogen) atoms. The van der Waals surface area contributed by atoms with Gasteiger partial charge in [0.2, 0.25) is 0 Å². The van der Waals surface area contributed by atoms with Gasteiger partial charge in [-0.05, 0) is 60.4 Å². The molecular weight excluding hydrogens is 334 g/mol. The summed E-state index contributed by atoms with van der Waals surface area (Å²) in [6.07, 6.45) is 4.82. The second-order valence-electron chi connectivity index (χ2n) is 6.19. The van der Waals surface area contributed by atoms with E-state index < -0.39 is 12.0 Å². The molecule has 4 nitrogen and oxygen atoms in total. The number of thioether (sulfide) groups is 1. The highest BCUT2D eigenvalue weighted by molar-refractivity contribution is 7.98. The molecule has 1 unspecified atom stereocenters. The number of benzene rings is 2. The Morgan fingerprint density at radius 3 is 2.60 bits per heavy atom. The molecule has 0 fully saturated rings. The molecule has 0 aromatic heterocycles. The molecule has 2 aromatic rings. The molecule has 1 aliphatic carbocycles. The summed E-state index contributed by atoms with van der Waals surface area (Å²) in [4.78, 5) is 25.1. The van der Waals surface area contributed by atoms with E-state index >= 15 is 0 Å². The van der Waals surface area contributed by atoms with Crippen molar-refractivity contribution in [1.29, 1.82) is 0 Å². The topological polar surface area (TPSA) is 66.4 Å². The number of carboxylic acids is 1. The summed E-state index contributed by atoms with van der Waals surface area (Å²) in [5, 5.41) is 12.2. The maximum atomic E-state index is 12.8. The highest BCUT2D eigenvalue weighted by atomic mass is 32.2. The molecule has 2 aromatic carbocycles. The molecule has 3 rings (SSSR count). The molecule has 0 spiro atoms. The number of nitrogens with one attached hydrogen (secondary N) is 1. The lowest BCUT2D eigenvalue weighted by atomic mass is 10.00. The lowest BCUT2D eigenvalue weighted by Crippen LogP contribution is -2.30. The molecule has 1 aliphatic rings. The molecule has 1 atom stereocenters. The first-order valence-corrected chi connectivity index (χ1v) is 9.58. The Kier molecular flexibility index (Phi) is 5.43. The highest BCUT2D eigenvalue weighted by Gasteiger charge is 2.23. The fourth-order valence-corrected chi connectivity index (χ4v) is 3.74. The zero-order chi connectivity index (χ0) is 17.8. The summed E-state index contributed by atoms with van der Waals surface area (Å²) >= 11 is 1.62. The van der Waals surface area contributed by atoms with Gasteiger partial charge in [-0.3, -0.25) is 9.59 Å². The van der Waals surface area contributed by atoms with Crippen molar-refractivity contribution in [3.8, 4) is 0 Å². The summed E-state index contributed by atoms with van der Waals surface area (Å²) in [7, 11) is 0. The van der Waals surface area contributed by atoms with E-state index in [2.05, 4.69) is 11.4 Å². The Morgan fingerprint density at radius 2 is 1.92 bits per heavy atom. The molecule has 0 heterocycles. The monoisotopic (exact) mass is 355 g/mol. The van der Waals surface area contributed by atoms with E-state index in [1.165, 1.54) is 5.56 Å². The van der Waals surface area contributed by atoms with Crippen LogP contribution in [0.2, 0.25) is 0 Å². The Balaban J connectivity index is 1.83. The van der Waals surface area contributed by atoms with Gasteiger partial charge in [0.15, 0.2) is 0 Å². The van der Waals surface area contributed by atoms with Crippen LogP contribution in [0.15, 0.2) is 47.4 Å². The molecule has 0 saturated heterocycles. The van der Waals surface area contributed by atoms with Crippen molar-refractivity contribution >= 4 is 23.6 Å². The predicted octanol–water partition coefficient (Wildman–Crippen LogP) is 3.84. The minimum Gasteiger partial charge on any atom is -0.481 e. The first-order chi connectivity index (χ1) is 12.1. The van der Waals surface area contributed by atoms with E-state index in [1.807, 2.05) is 42.7 Å². The first kappa shape index (κ1) is 17.5. The van der Waals surface area contributed by atoms with E-state index in [0.717, 1.165) is 35.3 Å². The third-order valence-corrected chi connectivity index (χ3v) is 5.34. The summed E-state index contributed by atoms with van der Waals surface area (Å²) in [5.74, 6) is -1.13. The smallest absolute Gasteiger partial charge is 0.305 e. The maximum Gasteiger partial charge on any atom is 0.305 e. The molecule has 0 aliphatic heterocycles. The Morgan fingerprint density at radius 1 is 1.16 bits per heavy atom. The van der Waals surface area contributed by atoms with Crippen LogP contribution in [0.3, 0.4) is 0 Å². The predicted molar refractivity (Wildman–Crippen MR) is 99.2 cm³/mol. The number of hydrogen-bond acceptors (Lipinski definition) is 3. The Labute approximate surface area is 151 Å². The van der Waals surface area contributed by atoms with E-state index in [9.17, 15) is 14.7 Å². The van der Waals surface area contributed by atoms with Gasteiger partial charge in [0.1, 0.15) is 0 Å². The molecule has 5 heteroatoms. The molecular formula is C20H21NO3S. The molecule has 0 radical (unpaired) electrons. The van der Waals surface area contributed by atoms with Crippen molar-refractivity contribution in [1.82, 2.24) is 5.32 Å². The van der Waals surface area contributed by atoms with Crippen LogP contribution in [0.1, 0.15) is 45.9 Å². The van der Waals surface area contributed by atoms with Gasteiger partial charge in [-0.25, -0.2) is 0 Å². The van der Waals surface area contributed by atoms with Gasteiger partial charge in [0.05, 0.1) is 12.5 Å². The van der Waals surface area contributed by atoms with Gasteiger partial charge < -0.3 is 10.4 Å². The number of amides is 1. The van der Waals surface area contributed by atoms with Crippen molar-refractivity contribution in [3.05, 3.63) is 64.7 Å². The van der Waals surface area contributed by atoms with E-state index in [0.29, 0.717) is 5.56 Å². The quantitative estimate of drug-likeness (QED) is 0.773. The second kappa shape index (κ2) is 7.74. The Bertz CT molecular complexity index is 786. The van der Waals surface area contributed by atoms with Crippen LogP contribution < -0.4 is 5.32 Å². The van der Waals surface area contributed by atoms with Gasteiger partial charge in [-0.2, -0.15) is 0 Å². The number of aliphatic carboxylic acids is 1. The van der Waals surface area contributed by atoms with Crippen LogP contribution in [0.25, 0.3) is 0 Å². The van der Waals surface area contributed by atoms with Crippen molar-refractivity contribution in [3.63, 3.8) is 0 Å². The van der Waals surface area contributed by atoms with Crippen LogP contribution in [-0.2, 0) is 17.6 Å². The van der Waals surface area contributed by atoms with Crippen molar-refractivity contribution in [2.75, 3.05) is 6.26 Å². The molecule has 2 N–H and O–H groups in total. The molecule has 0 bridgehead atoms. The van der Waals surface area contributed by atoms with E-state index in [-0.39, 0.29) is 12.3 Å². The summed E-state index contributed by atoms with van der Waals surface area (Å²) in [6.45, 7) is 0. The number of carbonyl (C=O) groups is 2. The zero-order valence-corrected chi connectivity index (χ0v) is 14.9. The largest absolute Gasteiger partial charge is 0.481 e. The fraction of sp³-hybridized carbons (Fsp3) is 0.300. The van der Waals surface area contributed by atoms with Gasteiger partial charge in [0.25, 0.3) is 5.91 Å². The zero-order valence-electron chi connectivity index (χ0n) is 14.1. The summed E-state index contributed by atoms with van der Waals surface area (Å²) in [5.41, 5.74) is 3.81. The van der Waals surface area contributed by atoms with Crippen LogP contribution in [0, 0.1) is 0 Å². The fourth-order valence-electron chi connectivity index (χ4n) is 3.33. The van der Waals surface area contributed by atoms with Crippen LogP contribution in [-0.4, -0.2) is 23.2 Å². The highest BCUT2D eigenvalue weighted by Crippen LogP contribution is 2.27. The third kappa shape index (κ3) is 4.04. The molecule has 130 valence electrons. The number of aryl methyl sites for hydroxylation is 1. The van der Waals surface area contributed by atoms with Gasteiger partial charge in [-0.15, -0.1) is 11.8 Å². The van der Waals surface area contributed by atoms with E-state index in [4.69, 9.17) is 0 Å². The van der Waals surface area contributed by atoms with Crippen LogP contribution in [0.5, 0.6) is 0 Å². The number of carboxylic acid groups (broad SMARTS) is 1. The minimum absolute atomic E-state index is 0.140. The number of carbonyl (C=O) groups excluding carboxylic acids is 1. The lowest BCUT2D eigenvalue weighted by molar-refractivity contribution is -0.137. The average molecular weight is 355 g/mol. The number of hydrogen-bond donors (Lipinski definition) is 2. The molecule has 1 amide bonds. The molecule has 0 saturated carbocycles. The van der Waals surface area contributed by atoms with Gasteiger partial charge >= 0.3 is 5.97 Å². The number of rotatable bonds is 6. The summed E-state index contributed by atoms with van der Waals surface area (Å²) < 4.78 is 0. The van der Waals surface area contributed by atoms with Crippen molar-refractivity contribution < 1.29 is 14.7 Å². The SMILES string of the molecule is CSc1ccc(C(CC(=O)O)NC(=O)c2cccc3c2CCC3)cc1. The van der Waals surface area contributed by atoms with Crippen LogP contribution >= 0.6 is 11.8 Å². The maximum absolute atomic E-state index is 12.8. The van der Waals surface area contributed by atoms with Crippen LogP contribution in [0.4, 0.5) is 0 Å².